The summed E-state index contributed by atoms with van der Waals surface area (Å²) in [7, 11) is 0. The Morgan fingerprint density at radius 3 is 2.41 bits per heavy atom. The first-order chi connectivity index (χ1) is 7.99. The Morgan fingerprint density at radius 2 is 1.88 bits per heavy atom. The average molecular weight is 269 g/mol. The maximum Gasteiger partial charge on any atom is 0.126 e. The second-order valence-electron chi connectivity index (χ2n) is 4.24. The van der Waals surface area contributed by atoms with Crippen LogP contribution in [0.3, 0.4) is 0 Å². The summed E-state index contributed by atoms with van der Waals surface area (Å²) in [5.41, 5.74) is 2.55. The first-order valence-corrected chi connectivity index (χ1v) is 6.71. The Bertz CT molecular complexity index is 545. The summed E-state index contributed by atoms with van der Waals surface area (Å²) < 4.78 is 13.5. The van der Waals surface area contributed by atoms with Gasteiger partial charge in [0.05, 0.1) is 5.38 Å². The van der Waals surface area contributed by atoms with E-state index >= 15 is 0 Å². The van der Waals surface area contributed by atoms with Crippen LogP contribution >= 0.6 is 22.9 Å². The zero-order valence-electron chi connectivity index (χ0n) is 10.1. The van der Waals surface area contributed by atoms with Gasteiger partial charge in [-0.25, -0.2) is 4.39 Å². The minimum atomic E-state index is -0.268. The SMILES string of the molecule is Cc1cc(C(Cl)c2ccc(C)c(F)c2)c(C)s1. The van der Waals surface area contributed by atoms with E-state index in [-0.39, 0.29) is 11.2 Å². The Hall–Kier alpha value is -0.860. The van der Waals surface area contributed by atoms with E-state index in [1.807, 2.05) is 13.0 Å². The molecule has 1 aromatic heterocycles. The number of hydrogen-bond donors (Lipinski definition) is 0. The lowest BCUT2D eigenvalue weighted by molar-refractivity contribution is 0.616. The van der Waals surface area contributed by atoms with E-state index < -0.39 is 0 Å². The van der Waals surface area contributed by atoms with Crippen LogP contribution in [-0.2, 0) is 0 Å². The van der Waals surface area contributed by atoms with Crippen molar-refractivity contribution in [2.45, 2.75) is 26.1 Å². The fraction of sp³-hybridized carbons (Fsp3) is 0.286. The largest absolute Gasteiger partial charge is 0.207 e. The van der Waals surface area contributed by atoms with Gasteiger partial charge in [-0.2, -0.15) is 0 Å². The predicted octanol–water partition coefficient (Wildman–Crippen LogP) is 5.14. The summed E-state index contributed by atoms with van der Waals surface area (Å²) in [6, 6.07) is 7.27. The molecule has 0 bridgehead atoms. The molecule has 3 heteroatoms. The highest BCUT2D eigenvalue weighted by Crippen LogP contribution is 2.35. The summed E-state index contributed by atoms with van der Waals surface area (Å²) in [5.74, 6) is -0.197. The van der Waals surface area contributed by atoms with E-state index in [1.165, 1.54) is 15.8 Å². The average Bonchev–Trinajstić information content (AvgIpc) is 2.61. The molecule has 1 atom stereocenters. The summed E-state index contributed by atoms with van der Waals surface area (Å²) in [4.78, 5) is 2.43. The number of aryl methyl sites for hydroxylation is 3. The van der Waals surface area contributed by atoms with E-state index in [9.17, 15) is 4.39 Å². The van der Waals surface area contributed by atoms with Crippen molar-refractivity contribution in [1.82, 2.24) is 0 Å². The maximum absolute atomic E-state index is 13.5. The fourth-order valence-electron chi connectivity index (χ4n) is 1.85. The van der Waals surface area contributed by atoms with Crippen LogP contribution in [0.5, 0.6) is 0 Å². The number of alkyl halides is 1. The summed E-state index contributed by atoms with van der Waals surface area (Å²) in [6.45, 7) is 5.86. The molecule has 1 unspecified atom stereocenters. The van der Waals surface area contributed by atoms with Gasteiger partial charge in [0.25, 0.3) is 0 Å². The summed E-state index contributed by atoms with van der Waals surface area (Å²) in [6.07, 6.45) is 0. The third kappa shape index (κ3) is 2.53. The normalized spacial score (nSPS) is 12.8. The van der Waals surface area contributed by atoms with Gasteiger partial charge in [-0.3, -0.25) is 0 Å². The molecule has 1 aromatic carbocycles. The third-order valence-corrected chi connectivity index (χ3v) is 4.31. The fourth-order valence-corrected chi connectivity index (χ4v) is 3.24. The van der Waals surface area contributed by atoms with Crippen molar-refractivity contribution in [3.63, 3.8) is 0 Å². The van der Waals surface area contributed by atoms with Crippen molar-refractivity contribution in [1.29, 1.82) is 0 Å². The quantitative estimate of drug-likeness (QED) is 0.662. The molecule has 0 aliphatic carbocycles. The van der Waals surface area contributed by atoms with Crippen molar-refractivity contribution < 1.29 is 4.39 Å². The minimum absolute atomic E-state index is 0.197. The van der Waals surface area contributed by atoms with Crippen molar-refractivity contribution in [2.75, 3.05) is 0 Å². The predicted molar refractivity (Wildman–Crippen MR) is 72.6 cm³/mol. The Kier molecular flexibility index (Phi) is 3.55. The molecular weight excluding hydrogens is 255 g/mol. The zero-order valence-corrected chi connectivity index (χ0v) is 11.6. The Morgan fingerprint density at radius 1 is 1.18 bits per heavy atom. The van der Waals surface area contributed by atoms with Crippen LogP contribution in [0.2, 0.25) is 0 Å². The number of halogens is 2. The molecule has 0 N–H and O–H groups in total. The summed E-state index contributed by atoms with van der Waals surface area (Å²) in [5, 5.41) is -0.268. The highest BCUT2D eigenvalue weighted by Gasteiger charge is 2.16. The molecule has 1 heterocycles. The van der Waals surface area contributed by atoms with Crippen LogP contribution in [0.1, 0.15) is 31.8 Å². The molecule has 0 spiro atoms. The molecule has 90 valence electrons. The van der Waals surface area contributed by atoms with E-state index in [4.69, 9.17) is 11.6 Å². The van der Waals surface area contributed by atoms with Gasteiger partial charge in [0, 0.05) is 9.75 Å². The highest BCUT2D eigenvalue weighted by atomic mass is 35.5. The number of benzene rings is 1. The van der Waals surface area contributed by atoms with Crippen LogP contribution in [0.15, 0.2) is 24.3 Å². The lowest BCUT2D eigenvalue weighted by atomic mass is 10.0. The first-order valence-electron chi connectivity index (χ1n) is 5.46. The molecule has 2 aromatic rings. The Labute approximate surface area is 110 Å². The van der Waals surface area contributed by atoms with Gasteiger partial charge in [0.2, 0.25) is 0 Å². The molecule has 0 radical (unpaired) electrons. The molecule has 0 saturated carbocycles. The second kappa shape index (κ2) is 4.79. The van der Waals surface area contributed by atoms with Gasteiger partial charge in [-0.15, -0.1) is 22.9 Å². The second-order valence-corrected chi connectivity index (χ2v) is 6.14. The maximum atomic E-state index is 13.5. The number of thiophene rings is 1. The van der Waals surface area contributed by atoms with Crippen LogP contribution in [0.25, 0.3) is 0 Å². The first kappa shape index (κ1) is 12.6. The van der Waals surface area contributed by atoms with Gasteiger partial charge >= 0.3 is 0 Å². The standard InChI is InChI=1S/C14H14ClFS/c1-8-4-5-11(7-13(8)16)14(15)12-6-9(2)17-10(12)3/h4-7,14H,1-3H3. The summed E-state index contributed by atoms with van der Waals surface area (Å²) >= 11 is 8.14. The number of hydrogen-bond acceptors (Lipinski definition) is 1. The van der Waals surface area contributed by atoms with Gasteiger partial charge < -0.3 is 0 Å². The van der Waals surface area contributed by atoms with Crippen molar-refractivity contribution >= 4 is 22.9 Å². The van der Waals surface area contributed by atoms with Gasteiger partial charge in [-0.05, 0) is 49.6 Å². The lowest BCUT2D eigenvalue weighted by Crippen LogP contribution is -1.95. The molecule has 0 amide bonds. The molecule has 17 heavy (non-hydrogen) atoms. The van der Waals surface area contributed by atoms with E-state index in [1.54, 1.807) is 24.3 Å². The smallest absolute Gasteiger partial charge is 0.126 e. The van der Waals surface area contributed by atoms with E-state index in [0.29, 0.717) is 5.56 Å². The van der Waals surface area contributed by atoms with Crippen molar-refractivity contribution in [3.05, 3.63) is 56.5 Å². The van der Waals surface area contributed by atoms with Gasteiger partial charge in [0.1, 0.15) is 5.82 Å². The van der Waals surface area contributed by atoms with Gasteiger partial charge in [0.15, 0.2) is 0 Å². The minimum Gasteiger partial charge on any atom is -0.207 e. The van der Waals surface area contributed by atoms with Crippen LogP contribution in [0.4, 0.5) is 4.39 Å². The Balaban J connectivity index is 2.40. The molecule has 0 saturated heterocycles. The zero-order chi connectivity index (χ0) is 12.6. The van der Waals surface area contributed by atoms with Crippen molar-refractivity contribution in [3.8, 4) is 0 Å². The van der Waals surface area contributed by atoms with E-state index in [2.05, 4.69) is 13.0 Å². The third-order valence-electron chi connectivity index (χ3n) is 2.84. The van der Waals surface area contributed by atoms with E-state index in [0.717, 1.165) is 11.1 Å². The van der Waals surface area contributed by atoms with Crippen LogP contribution in [-0.4, -0.2) is 0 Å². The lowest BCUT2D eigenvalue weighted by Gasteiger charge is -2.10. The topological polar surface area (TPSA) is 0 Å². The monoisotopic (exact) mass is 268 g/mol. The molecule has 0 aliphatic rings. The molecule has 0 aliphatic heterocycles. The van der Waals surface area contributed by atoms with Gasteiger partial charge in [-0.1, -0.05) is 12.1 Å². The number of rotatable bonds is 2. The molecular formula is C14H14ClFS. The van der Waals surface area contributed by atoms with Crippen LogP contribution < -0.4 is 0 Å². The van der Waals surface area contributed by atoms with Crippen LogP contribution in [0, 0.1) is 26.6 Å². The highest BCUT2D eigenvalue weighted by molar-refractivity contribution is 7.12. The molecule has 2 rings (SSSR count). The molecule has 0 nitrogen and oxygen atoms in total. The molecule has 0 fully saturated rings. The van der Waals surface area contributed by atoms with Crippen molar-refractivity contribution in [2.24, 2.45) is 0 Å².